The maximum absolute atomic E-state index is 12.6. The first kappa shape index (κ1) is 16.2. The lowest BCUT2D eigenvalue weighted by atomic mass is 10.2. The Bertz CT molecular complexity index is 623. The van der Waals surface area contributed by atoms with Crippen LogP contribution in [0, 0.1) is 0 Å². The summed E-state index contributed by atoms with van der Waals surface area (Å²) in [6.45, 7) is 3.98. The summed E-state index contributed by atoms with van der Waals surface area (Å²) in [6.07, 6.45) is 0. The summed E-state index contributed by atoms with van der Waals surface area (Å²) in [7, 11) is 0. The number of hydrogen-bond donors (Lipinski definition) is 1. The molecule has 0 aliphatic heterocycles. The summed E-state index contributed by atoms with van der Waals surface area (Å²) in [5.41, 5.74) is 0.600. The molecule has 0 aliphatic carbocycles. The van der Waals surface area contributed by atoms with Crippen molar-refractivity contribution < 1.29 is 8.78 Å². The van der Waals surface area contributed by atoms with Crippen molar-refractivity contribution in [3.05, 3.63) is 40.8 Å². The largest absolute Gasteiger partial charge is 0.339 e. The van der Waals surface area contributed by atoms with Crippen LogP contribution < -0.4 is 5.32 Å². The zero-order valence-corrected chi connectivity index (χ0v) is 13.9. The van der Waals surface area contributed by atoms with Crippen LogP contribution >= 0.6 is 27.7 Å². The van der Waals surface area contributed by atoms with Gasteiger partial charge in [-0.3, -0.25) is 0 Å². The van der Waals surface area contributed by atoms with E-state index in [2.05, 4.69) is 31.2 Å². The van der Waals surface area contributed by atoms with Crippen molar-refractivity contribution in [1.82, 2.24) is 9.97 Å². The minimum absolute atomic E-state index is 0.175. The lowest BCUT2D eigenvalue weighted by molar-refractivity contribution is 0.252. The van der Waals surface area contributed by atoms with Crippen LogP contribution in [0.4, 0.5) is 20.3 Å². The Morgan fingerprint density at radius 3 is 2.57 bits per heavy atom. The van der Waals surface area contributed by atoms with Crippen LogP contribution in [0.2, 0.25) is 0 Å². The van der Waals surface area contributed by atoms with E-state index < -0.39 is 5.76 Å². The molecule has 0 amide bonds. The lowest BCUT2D eigenvalue weighted by Gasteiger charge is -2.12. The smallest absolute Gasteiger partial charge is 0.288 e. The van der Waals surface area contributed by atoms with E-state index in [-0.39, 0.29) is 5.92 Å². The van der Waals surface area contributed by atoms with Crippen LogP contribution in [-0.4, -0.2) is 15.7 Å². The van der Waals surface area contributed by atoms with Crippen molar-refractivity contribution in [3.8, 4) is 0 Å². The van der Waals surface area contributed by atoms with Crippen LogP contribution in [0.3, 0.4) is 0 Å². The van der Waals surface area contributed by atoms with Crippen LogP contribution in [0.15, 0.2) is 39.8 Å². The summed E-state index contributed by atoms with van der Waals surface area (Å²) in [6, 6.07) is 8.63. The van der Waals surface area contributed by atoms with Gasteiger partial charge in [-0.15, -0.1) is 0 Å². The third kappa shape index (κ3) is 4.64. The Morgan fingerprint density at radius 1 is 1.19 bits per heavy atom. The number of halogens is 3. The topological polar surface area (TPSA) is 37.8 Å². The maximum atomic E-state index is 12.6. The van der Waals surface area contributed by atoms with Gasteiger partial charge in [0.15, 0.2) is 0 Å². The van der Waals surface area contributed by atoms with Gasteiger partial charge in [-0.1, -0.05) is 37.7 Å². The molecule has 112 valence electrons. The molecule has 0 bridgehead atoms. The van der Waals surface area contributed by atoms with Gasteiger partial charge in [0.2, 0.25) is 0 Å². The molecular weight excluding hydrogens is 360 g/mol. The number of alkyl halides is 2. The molecule has 7 heteroatoms. The van der Waals surface area contributed by atoms with Crippen molar-refractivity contribution in [1.29, 1.82) is 0 Å². The molecule has 3 nitrogen and oxygen atoms in total. The van der Waals surface area contributed by atoms with E-state index in [9.17, 15) is 8.78 Å². The Hall–Kier alpha value is -1.21. The van der Waals surface area contributed by atoms with Crippen molar-refractivity contribution in [2.24, 2.45) is 0 Å². The van der Waals surface area contributed by atoms with Crippen LogP contribution in [0.5, 0.6) is 0 Å². The molecule has 0 unspecified atom stereocenters. The molecule has 1 aromatic heterocycles. The van der Waals surface area contributed by atoms with Gasteiger partial charge in [0.25, 0.3) is 5.76 Å². The zero-order valence-electron chi connectivity index (χ0n) is 11.5. The SMILES string of the molecule is CC(C)c1nc(Br)cc(Nc2ccccc2SC(F)F)n1. The van der Waals surface area contributed by atoms with E-state index in [1.54, 1.807) is 30.3 Å². The third-order valence-corrected chi connectivity index (χ3v) is 3.79. The van der Waals surface area contributed by atoms with Gasteiger partial charge in [0.05, 0.1) is 5.69 Å². The summed E-state index contributed by atoms with van der Waals surface area (Å²) in [5, 5.41) is 3.08. The highest BCUT2D eigenvalue weighted by Gasteiger charge is 2.12. The Morgan fingerprint density at radius 2 is 1.90 bits per heavy atom. The van der Waals surface area contributed by atoms with E-state index in [0.29, 0.717) is 38.6 Å². The van der Waals surface area contributed by atoms with Crippen LogP contribution in [-0.2, 0) is 0 Å². The highest BCUT2D eigenvalue weighted by Crippen LogP contribution is 2.33. The predicted octanol–water partition coefficient (Wildman–Crippen LogP) is 5.42. The number of nitrogens with zero attached hydrogens (tertiary/aromatic N) is 2. The molecule has 1 heterocycles. The van der Waals surface area contributed by atoms with Gasteiger partial charge in [-0.25, -0.2) is 9.97 Å². The fourth-order valence-electron chi connectivity index (χ4n) is 1.66. The minimum Gasteiger partial charge on any atom is -0.339 e. The van der Waals surface area contributed by atoms with E-state index in [1.807, 2.05) is 13.8 Å². The van der Waals surface area contributed by atoms with E-state index in [1.165, 1.54) is 0 Å². The number of rotatable bonds is 5. The Kier molecular flexibility index (Phi) is 5.52. The van der Waals surface area contributed by atoms with E-state index >= 15 is 0 Å². The number of para-hydroxylation sites is 1. The molecule has 2 aromatic rings. The maximum Gasteiger partial charge on any atom is 0.288 e. The number of benzene rings is 1. The third-order valence-electron chi connectivity index (χ3n) is 2.59. The average Bonchev–Trinajstić information content (AvgIpc) is 2.39. The first-order valence-electron chi connectivity index (χ1n) is 6.31. The van der Waals surface area contributed by atoms with Gasteiger partial charge < -0.3 is 5.32 Å². The Balaban J connectivity index is 2.30. The van der Waals surface area contributed by atoms with Crippen LogP contribution in [0.1, 0.15) is 25.6 Å². The van der Waals surface area contributed by atoms with Crippen molar-refractivity contribution in [2.75, 3.05) is 5.32 Å². The minimum atomic E-state index is -2.46. The molecule has 0 atom stereocenters. The standard InChI is InChI=1S/C14H14BrF2N3S/c1-8(2)13-19-11(15)7-12(20-13)18-9-5-3-4-6-10(9)21-14(16)17/h3-8,14H,1-2H3,(H,18,19,20). The second-order valence-electron chi connectivity index (χ2n) is 4.59. The number of hydrogen-bond acceptors (Lipinski definition) is 4. The number of nitrogens with one attached hydrogen (secondary N) is 1. The molecule has 0 spiro atoms. The molecule has 1 aromatic carbocycles. The fraction of sp³-hybridized carbons (Fsp3) is 0.286. The number of thioether (sulfide) groups is 1. The number of aromatic nitrogens is 2. The van der Waals surface area contributed by atoms with Gasteiger partial charge >= 0.3 is 0 Å². The van der Waals surface area contributed by atoms with E-state index in [0.717, 1.165) is 0 Å². The van der Waals surface area contributed by atoms with Crippen molar-refractivity contribution in [2.45, 2.75) is 30.4 Å². The molecule has 0 saturated carbocycles. The lowest BCUT2D eigenvalue weighted by Crippen LogP contribution is -2.03. The molecular formula is C14H14BrF2N3S. The second-order valence-corrected chi connectivity index (χ2v) is 6.43. The van der Waals surface area contributed by atoms with Gasteiger partial charge in [0.1, 0.15) is 16.2 Å². The Labute approximate surface area is 134 Å². The van der Waals surface area contributed by atoms with Gasteiger partial charge in [0, 0.05) is 16.9 Å². The van der Waals surface area contributed by atoms with Crippen molar-refractivity contribution >= 4 is 39.2 Å². The molecule has 1 N–H and O–H groups in total. The summed E-state index contributed by atoms with van der Waals surface area (Å²) >= 11 is 3.85. The van der Waals surface area contributed by atoms with Crippen molar-refractivity contribution in [3.63, 3.8) is 0 Å². The predicted molar refractivity (Wildman–Crippen MR) is 85.4 cm³/mol. The zero-order chi connectivity index (χ0) is 15.4. The molecule has 0 fully saturated rings. The summed E-state index contributed by atoms with van der Waals surface area (Å²) < 4.78 is 25.8. The summed E-state index contributed by atoms with van der Waals surface area (Å²) in [5.74, 6) is -1.03. The monoisotopic (exact) mass is 373 g/mol. The highest BCUT2D eigenvalue weighted by atomic mass is 79.9. The summed E-state index contributed by atoms with van der Waals surface area (Å²) in [4.78, 5) is 9.17. The number of anilines is 2. The highest BCUT2D eigenvalue weighted by molar-refractivity contribution is 9.10. The normalized spacial score (nSPS) is 11.2. The molecule has 21 heavy (non-hydrogen) atoms. The van der Waals surface area contributed by atoms with E-state index in [4.69, 9.17) is 0 Å². The van der Waals surface area contributed by atoms with Gasteiger partial charge in [-0.05, 0) is 28.1 Å². The quantitative estimate of drug-likeness (QED) is 0.560. The van der Waals surface area contributed by atoms with Gasteiger partial charge in [-0.2, -0.15) is 8.78 Å². The molecule has 0 aliphatic rings. The first-order chi connectivity index (χ1) is 9.95. The van der Waals surface area contributed by atoms with Crippen LogP contribution in [0.25, 0.3) is 0 Å². The average molecular weight is 374 g/mol. The second kappa shape index (κ2) is 7.17. The molecule has 0 radical (unpaired) electrons. The molecule has 0 saturated heterocycles. The first-order valence-corrected chi connectivity index (χ1v) is 7.98. The molecule has 2 rings (SSSR count). The fourth-order valence-corrected chi connectivity index (χ4v) is 2.66.